The zero-order valence-electron chi connectivity index (χ0n) is 17.3. The molecule has 0 aliphatic carbocycles. The number of rotatable bonds is 6. The number of nitrogens with zero attached hydrogens (tertiary/aromatic N) is 2. The summed E-state index contributed by atoms with van der Waals surface area (Å²) in [6.07, 6.45) is 3.40. The van der Waals surface area contributed by atoms with Crippen molar-refractivity contribution in [2.75, 3.05) is 19.6 Å². The highest BCUT2D eigenvalue weighted by molar-refractivity contribution is 5.96. The van der Waals surface area contributed by atoms with Crippen LogP contribution in [0.2, 0.25) is 0 Å². The number of nitrogens with one attached hydrogen (secondary N) is 1. The molecule has 2 aromatic carbocycles. The molecule has 1 aromatic heterocycles. The zero-order valence-corrected chi connectivity index (χ0v) is 17.3. The van der Waals surface area contributed by atoms with Crippen molar-refractivity contribution >= 4 is 16.8 Å². The Morgan fingerprint density at radius 3 is 2.59 bits per heavy atom. The van der Waals surface area contributed by atoms with Crippen LogP contribution in [0.3, 0.4) is 0 Å². The van der Waals surface area contributed by atoms with Crippen LogP contribution >= 0.6 is 0 Å². The molecule has 5 heteroatoms. The third-order valence-corrected chi connectivity index (χ3v) is 6.25. The van der Waals surface area contributed by atoms with E-state index in [1.807, 2.05) is 47.0 Å². The first-order valence-electron chi connectivity index (χ1n) is 10.5. The Morgan fingerprint density at radius 1 is 1.07 bits per heavy atom. The van der Waals surface area contributed by atoms with Gasteiger partial charge in [-0.1, -0.05) is 24.3 Å². The Hall–Kier alpha value is -2.66. The summed E-state index contributed by atoms with van der Waals surface area (Å²) in [5.74, 6) is 0.230. The van der Waals surface area contributed by atoms with Gasteiger partial charge in [0.2, 0.25) is 0 Å². The molecule has 1 saturated heterocycles. The number of imidazole rings is 1. The van der Waals surface area contributed by atoms with Gasteiger partial charge in [0, 0.05) is 31.1 Å². The maximum Gasteiger partial charge on any atom is 0.326 e. The van der Waals surface area contributed by atoms with Crippen molar-refractivity contribution < 1.29 is 4.79 Å². The van der Waals surface area contributed by atoms with Crippen LogP contribution in [0, 0.1) is 13.8 Å². The number of Topliss-reactive ketones (excluding diaryl/α,β-unsaturated/α-hetero) is 1. The number of ketones is 1. The molecule has 2 heterocycles. The van der Waals surface area contributed by atoms with Gasteiger partial charge in [-0.2, -0.15) is 0 Å². The third-order valence-electron chi connectivity index (χ3n) is 6.25. The van der Waals surface area contributed by atoms with E-state index in [2.05, 4.69) is 23.7 Å². The fourth-order valence-corrected chi connectivity index (χ4v) is 4.36. The molecule has 0 saturated carbocycles. The second kappa shape index (κ2) is 8.37. The van der Waals surface area contributed by atoms with Gasteiger partial charge in [0.15, 0.2) is 5.78 Å². The molecule has 1 N–H and O–H groups in total. The van der Waals surface area contributed by atoms with E-state index in [1.165, 1.54) is 11.1 Å². The Bertz CT molecular complexity index is 1070. The molecule has 0 amide bonds. The molecule has 1 aliphatic rings. The number of piperidine rings is 1. The van der Waals surface area contributed by atoms with Gasteiger partial charge in [-0.15, -0.1) is 0 Å². The Labute approximate surface area is 171 Å². The van der Waals surface area contributed by atoms with E-state index in [1.54, 1.807) is 0 Å². The van der Waals surface area contributed by atoms with Gasteiger partial charge in [-0.05, 0) is 69.0 Å². The molecule has 152 valence electrons. The molecule has 1 aliphatic heterocycles. The predicted molar refractivity (Wildman–Crippen MR) is 117 cm³/mol. The van der Waals surface area contributed by atoms with Crippen LogP contribution in [-0.4, -0.2) is 39.9 Å². The number of benzene rings is 2. The first-order valence-corrected chi connectivity index (χ1v) is 10.5. The minimum atomic E-state index is -0.0105. The van der Waals surface area contributed by atoms with Gasteiger partial charge >= 0.3 is 5.69 Å². The standard InChI is InChI=1S/C24H29N3O2/c1-17-9-10-19(16-18(17)2)23(28)8-5-13-26-14-11-20(12-15-26)27-22-7-4-3-6-21(22)25-24(27)29/h3-4,6-7,9-10,16,20H,5,8,11-15H2,1-2H3,(H,25,29). The van der Waals surface area contributed by atoms with E-state index in [4.69, 9.17) is 0 Å². The fraction of sp³-hybridized carbons (Fsp3) is 0.417. The van der Waals surface area contributed by atoms with Crippen LogP contribution in [0.25, 0.3) is 11.0 Å². The highest BCUT2D eigenvalue weighted by Crippen LogP contribution is 2.25. The first-order chi connectivity index (χ1) is 14.0. The normalized spacial score (nSPS) is 15.8. The molecule has 0 radical (unpaired) electrons. The quantitative estimate of drug-likeness (QED) is 0.639. The number of aromatic nitrogens is 2. The lowest BCUT2D eigenvalue weighted by Crippen LogP contribution is -2.37. The Morgan fingerprint density at radius 2 is 1.83 bits per heavy atom. The van der Waals surface area contributed by atoms with E-state index >= 15 is 0 Å². The molecule has 4 rings (SSSR count). The SMILES string of the molecule is Cc1ccc(C(=O)CCCN2CCC(n3c(=O)[nH]c4ccccc43)CC2)cc1C. The van der Waals surface area contributed by atoms with Crippen molar-refractivity contribution in [3.05, 3.63) is 69.6 Å². The highest BCUT2D eigenvalue weighted by atomic mass is 16.1. The minimum absolute atomic E-state index is 0.0105. The van der Waals surface area contributed by atoms with Crippen molar-refractivity contribution in [2.45, 2.75) is 45.6 Å². The second-order valence-electron chi connectivity index (χ2n) is 8.22. The van der Waals surface area contributed by atoms with Gasteiger partial charge in [0.05, 0.1) is 11.0 Å². The summed E-state index contributed by atoms with van der Waals surface area (Å²) in [5.41, 5.74) is 5.11. The van der Waals surface area contributed by atoms with E-state index < -0.39 is 0 Å². The predicted octanol–water partition coefficient (Wildman–Crippen LogP) is 4.25. The van der Waals surface area contributed by atoms with Crippen molar-refractivity contribution in [3.63, 3.8) is 0 Å². The lowest BCUT2D eigenvalue weighted by Gasteiger charge is -2.32. The van der Waals surface area contributed by atoms with Crippen LogP contribution < -0.4 is 5.69 Å². The fourth-order valence-electron chi connectivity index (χ4n) is 4.36. The summed E-state index contributed by atoms with van der Waals surface area (Å²) in [4.78, 5) is 30.2. The molecular weight excluding hydrogens is 362 g/mol. The van der Waals surface area contributed by atoms with Gasteiger partial charge < -0.3 is 9.88 Å². The van der Waals surface area contributed by atoms with Crippen LogP contribution in [0.15, 0.2) is 47.3 Å². The third kappa shape index (κ3) is 4.20. The number of aromatic amines is 1. The van der Waals surface area contributed by atoms with E-state index in [9.17, 15) is 9.59 Å². The molecule has 29 heavy (non-hydrogen) atoms. The lowest BCUT2D eigenvalue weighted by molar-refractivity contribution is 0.0970. The van der Waals surface area contributed by atoms with Gasteiger partial charge in [-0.3, -0.25) is 9.36 Å². The van der Waals surface area contributed by atoms with Crippen LogP contribution in [0.5, 0.6) is 0 Å². The molecule has 0 bridgehead atoms. The number of carbonyl (C=O) groups excluding carboxylic acids is 1. The molecular formula is C24H29N3O2. The highest BCUT2D eigenvalue weighted by Gasteiger charge is 2.23. The number of aryl methyl sites for hydroxylation is 2. The van der Waals surface area contributed by atoms with Gasteiger partial charge in [-0.25, -0.2) is 4.79 Å². The van der Waals surface area contributed by atoms with Crippen LogP contribution in [0.4, 0.5) is 0 Å². The summed E-state index contributed by atoms with van der Waals surface area (Å²) >= 11 is 0. The molecule has 0 spiro atoms. The first kappa shape index (κ1) is 19.6. The van der Waals surface area contributed by atoms with Crippen molar-refractivity contribution in [3.8, 4) is 0 Å². The number of likely N-dealkylation sites (tertiary alicyclic amines) is 1. The van der Waals surface area contributed by atoms with Gasteiger partial charge in [0.25, 0.3) is 0 Å². The van der Waals surface area contributed by atoms with Crippen LogP contribution in [0.1, 0.15) is 53.2 Å². The van der Waals surface area contributed by atoms with Crippen molar-refractivity contribution in [2.24, 2.45) is 0 Å². The summed E-state index contributed by atoms with van der Waals surface area (Å²) < 4.78 is 1.93. The Balaban J connectivity index is 1.29. The molecule has 3 aromatic rings. The van der Waals surface area contributed by atoms with E-state index in [0.29, 0.717) is 6.42 Å². The minimum Gasteiger partial charge on any atom is -0.306 e. The molecule has 0 unspecified atom stereocenters. The smallest absolute Gasteiger partial charge is 0.306 e. The van der Waals surface area contributed by atoms with Gasteiger partial charge in [0.1, 0.15) is 0 Å². The average molecular weight is 392 g/mol. The number of H-pyrrole nitrogens is 1. The number of hydrogen-bond donors (Lipinski definition) is 1. The largest absolute Gasteiger partial charge is 0.326 e. The summed E-state index contributed by atoms with van der Waals surface area (Å²) in [7, 11) is 0. The van der Waals surface area contributed by atoms with Crippen molar-refractivity contribution in [1.82, 2.24) is 14.5 Å². The molecule has 5 nitrogen and oxygen atoms in total. The van der Waals surface area contributed by atoms with E-state index in [-0.39, 0.29) is 17.5 Å². The number of para-hydroxylation sites is 2. The van der Waals surface area contributed by atoms with E-state index in [0.717, 1.165) is 55.5 Å². The maximum atomic E-state index is 12.5. The molecule has 1 fully saturated rings. The monoisotopic (exact) mass is 391 g/mol. The maximum absolute atomic E-state index is 12.5. The molecule has 0 atom stereocenters. The second-order valence-corrected chi connectivity index (χ2v) is 8.22. The zero-order chi connectivity index (χ0) is 20.4. The number of fused-ring (bicyclic) bond motifs is 1. The Kier molecular flexibility index (Phi) is 5.67. The van der Waals surface area contributed by atoms with Crippen molar-refractivity contribution in [1.29, 1.82) is 0 Å². The number of hydrogen-bond acceptors (Lipinski definition) is 3. The topological polar surface area (TPSA) is 58.1 Å². The summed E-state index contributed by atoms with van der Waals surface area (Å²) in [5, 5.41) is 0. The number of carbonyl (C=O) groups is 1. The lowest BCUT2D eigenvalue weighted by atomic mass is 10.0. The van der Waals surface area contributed by atoms with Crippen LogP contribution in [-0.2, 0) is 0 Å². The average Bonchev–Trinajstić information content (AvgIpc) is 3.06. The summed E-state index contributed by atoms with van der Waals surface area (Å²) in [6.45, 7) is 6.99. The summed E-state index contributed by atoms with van der Waals surface area (Å²) in [6, 6.07) is 14.1.